The lowest BCUT2D eigenvalue weighted by Gasteiger charge is -2.31. The predicted molar refractivity (Wildman–Crippen MR) is 114 cm³/mol. The number of amides is 1. The van der Waals surface area contributed by atoms with Crippen LogP contribution in [0.15, 0.2) is 48.5 Å². The average molecular weight is 378 g/mol. The summed E-state index contributed by atoms with van der Waals surface area (Å²) in [6.45, 7) is 7.80. The molecule has 1 fully saturated rings. The third-order valence-electron chi connectivity index (χ3n) is 5.58. The molecular weight excluding hydrogens is 346 g/mol. The van der Waals surface area contributed by atoms with E-state index in [1.807, 2.05) is 36.1 Å². The molecule has 0 spiro atoms. The van der Waals surface area contributed by atoms with Crippen molar-refractivity contribution in [3.63, 3.8) is 0 Å². The number of hydrogen-bond acceptors (Lipinski definition) is 2. The van der Waals surface area contributed by atoms with Gasteiger partial charge in [-0.15, -0.1) is 0 Å². The molecule has 1 saturated heterocycles. The first kappa shape index (κ1) is 20.3. The van der Waals surface area contributed by atoms with Crippen molar-refractivity contribution in [2.24, 2.45) is 11.8 Å². The summed E-state index contributed by atoms with van der Waals surface area (Å²) < 4.78 is 0. The van der Waals surface area contributed by atoms with Gasteiger partial charge in [0.2, 0.25) is 5.91 Å². The van der Waals surface area contributed by atoms with E-state index in [0.29, 0.717) is 25.4 Å². The lowest BCUT2D eigenvalue weighted by Crippen LogP contribution is -2.41. The summed E-state index contributed by atoms with van der Waals surface area (Å²) in [5, 5.41) is 0. The molecule has 0 unspecified atom stereocenters. The quantitative estimate of drug-likeness (QED) is 0.674. The van der Waals surface area contributed by atoms with Crippen molar-refractivity contribution in [1.29, 1.82) is 0 Å². The molecule has 1 heterocycles. The number of benzene rings is 2. The lowest BCUT2D eigenvalue weighted by atomic mass is 9.88. The fraction of sp³-hybridized carbons (Fsp3) is 0.440. The summed E-state index contributed by atoms with van der Waals surface area (Å²) >= 11 is 0. The number of likely N-dealkylation sites (tertiary alicyclic amines) is 1. The second-order valence-electron chi connectivity index (χ2n) is 8.48. The molecule has 2 aromatic carbocycles. The number of Topliss-reactive ketones (excluding diaryl/α,β-unsaturated/α-hetero) is 1. The molecule has 1 aliphatic rings. The number of carbonyl (C=O) groups excluding carboxylic acids is 2. The highest BCUT2D eigenvalue weighted by Gasteiger charge is 2.27. The SMILES string of the molecule is Cc1ccc(C(=O)C2CCN(C(=O)Cc3ccc(CC(C)C)cc3)CC2)cc1. The van der Waals surface area contributed by atoms with Gasteiger partial charge in [0.05, 0.1) is 6.42 Å². The van der Waals surface area contributed by atoms with Gasteiger partial charge in [-0.1, -0.05) is 67.9 Å². The van der Waals surface area contributed by atoms with Gasteiger partial charge >= 0.3 is 0 Å². The van der Waals surface area contributed by atoms with E-state index in [1.54, 1.807) is 0 Å². The van der Waals surface area contributed by atoms with Crippen LogP contribution in [-0.2, 0) is 17.6 Å². The summed E-state index contributed by atoms with van der Waals surface area (Å²) in [7, 11) is 0. The van der Waals surface area contributed by atoms with Crippen LogP contribution in [0.5, 0.6) is 0 Å². The van der Waals surface area contributed by atoms with Crippen molar-refractivity contribution in [2.45, 2.75) is 46.5 Å². The Balaban J connectivity index is 1.50. The van der Waals surface area contributed by atoms with Gasteiger partial charge < -0.3 is 4.90 Å². The van der Waals surface area contributed by atoms with Crippen molar-refractivity contribution in [3.8, 4) is 0 Å². The first-order valence-corrected chi connectivity index (χ1v) is 10.4. The van der Waals surface area contributed by atoms with Crippen LogP contribution < -0.4 is 0 Å². The molecule has 0 aliphatic carbocycles. The molecule has 0 N–H and O–H groups in total. The standard InChI is InChI=1S/C25H31NO2/c1-18(2)16-20-6-8-21(9-7-20)17-24(27)26-14-12-23(13-15-26)25(28)22-10-4-19(3)5-11-22/h4-11,18,23H,12-17H2,1-3H3. The van der Waals surface area contributed by atoms with Gasteiger partial charge in [-0.25, -0.2) is 0 Å². The third kappa shape index (κ3) is 5.31. The molecule has 0 bridgehead atoms. The van der Waals surface area contributed by atoms with Crippen LogP contribution in [0.4, 0.5) is 0 Å². The summed E-state index contributed by atoms with van der Waals surface area (Å²) in [4.78, 5) is 27.3. The number of hydrogen-bond donors (Lipinski definition) is 0. The summed E-state index contributed by atoms with van der Waals surface area (Å²) in [5.41, 5.74) is 4.34. The van der Waals surface area contributed by atoms with Gasteiger partial charge in [0.15, 0.2) is 5.78 Å². The van der Waals surface area contributed by atoms with E-state index in [9.17, 15) is 9.59 Å². The van der Waals surface area contributed by atoms with E-state index in [4.69, 9.17) is 0 Å². The number of ketones is 1. The first-order valence-electron chi connectivity index (χ1n) is 10.4. The maximum Gasteiger partial charge on any atom is 0.226 e. The van der Waals surface area contributed by atoms with E-state index in [2.05, 4.69) is 38.1 Å². The molecule has 0 saturated carbocycles. The highest BCUT2D eigenvalue weighted by Crippen LogP contribution is 2.23. The molecular formula is C25H31NO2. The summed E-state index contributed by atoms with van der Waals surface area (Å²) in [5.74, 6) is 1.05. The van der Waals surface area contributed by atoms with Crippen LogP contribution in [0.1, 0.15) is 53.7 Å². The number of aryl methyl sites for hydroxylation is 1. The van der Waals surface area contributed by atoms with Crippen molar-refractivity contribution >= 4 is 11.7 Å². The Hall–Kier alpha value is -2.42. The van der Waals surface area contributed by atoms with E-state index in [-0.39, 0.29) is 17.6 Å². The highest BCUT2D eigenvalue weighted by molar-refractivity contribution is 5.98. The Morgan fingerprint density at radius 1 is 0.929 bits per heavy atom. The van der Waals surface area contributed by atoms with Gasteiger partial charge in [0.1, 0.15) is 0 Å². The first-order chi connectivity index (χ1) is 13.4. The Bertz CT molecular complexity index is 797. The van der Waals surface area contributed by atoms with E-state index < -0.39 is 0 Å². The molecule has 0 atom stereocenters. The molecule has 148 valence electrons. The maximum absolute atomic E-state index is 12.7. The van der Waals surface area contributed by atoms with Crippen molar-refractivity contribution < 1.29 is 9.59 Å². The minimum Gasteiger partial charge on any atom is -0.342 e. The molecule has 1 amide bonds. The normalized spacial score (nSPS) is 15.1. The largest absolute Gasteiger partial charge is 0.342 e. The Labute approximate surface area is 168 Å². The fourth-order valence-corrected chi connectivity index (χ4v) is 3.90. The van der Waals surface area contributed by atoms with Crippen molar-refractivity contribution in [2.75, 3.05) is 13.1 Å². The van der Waals surface area contributed by atoms with Gasteiger partial charge in [-0.05, 0) is 43.2 Å². The van der Waals surface area contributed by atoms with Crippen LogP contribution in [0.2, 0.25) is 0 Å². The molecule has 1 aliphatic heterocycles. The predicted octanol–water partition coefficient (Wildman–Crippen LogP) is 4.86. The molecule has 0 aromatic heterocycles. The van der Waals surface area contributed by atoms with Crippen molar-refractivity contribution in [3.05, 3.63) is 70.8 Å². The van der Waals surface area contributed by atoms with Gasteiger partial charge in [-0.3, -0.25) is 9.59 Å². The molecule has 3 nitrogen and oxygen atoms in total. The zero-order chi connectivity index (χ0) is 20.1. The summed E-state index contributed by atoms with van der Waals surface area (Å²) in [6, 6.07) is 16.2. The molecule has 2 aromatic rings. The van der Waals surface area contributed by atoms with Crippen LogP contribution in [0.3, 0.4) is 0 Å². The molecule has 3 rings (SSSR count). The fourth-order valence-electron chi connectivity index (χ4n) is 3.90. The van der Waals surface area contributed by atoms with E-state index in [1.165, 1.54) is 5.56 Å². The highest BCUT2D eigenvalue weighted by atomic mass is 16.2. The average Bonchev–Trinajstić information content (AvgIpc) is 2.69. The Morgan fingerprint density at radius 2 is 1.50 bits per heavy atom. The number of piperidine rings is 1. The van der Waals surface area contributed by atoms with Gasteiger partial charge in [0.25, 0.3) is 0 Å². The zero-order valence-electron chi connectivity index (χ0n) is 17.3. The number of nitrogens with zero attached hydrogens (tertiary/aromatic N) is 1. The smallest absolute Gasteiger partial charge is 0.226 e. The lowest BCUT2D eigenvalue weighted by molar-refractivity contribution is -0.131. The van der Waals surface area contributed by atoms with E-state index in [0.717, 1.165) is 36.0 Å². The Morgan fingerprint density at radius 3 is 2.07 bits per heavy atom. The molecule has 0 radical (unpaired) electrons. The topological polar surface area (TPSA) is 37.4 Å². The van der Waals surface area contributed by atoms with Crippen molar-refractivity contribution in [1.82, 2.24) is 4.90 Å². The summed E-state index contributed by atoms with van der Waals surface area (Å²) in [6.07, 6.45) is 3.02. The molecule has 3 heteroatoms. The number of rotatable bonds is 6. The second-order valence-corrected chi connectivity index (χ2v) is 8.48. The molecule has 28 heavy (non-hydrogen) atoms. The van der Waals surface area contributed by atoms with Gasteiger partial charge in [-0.2, -0.15) is 0 Å². The number of carbonyl (C=O) groups is 2. The maximum atomic E-state index is 12.7. The minimum atomic E-state index is 0.0297. The monoisotopic (exact) mass is 377 g/mol. The van der Waals surface area contributed by atoms with Crippen LogP contribution in [-0.4, -0.2) is 29.7 Å². The van der Waals surface area contributed by atoms with Crippen LogP contribution >= 0.6 is 0 Å². The Kier molecular flexibility index (Phi) is 6.66. The minimum absolute atomic E-state index is 0.0297. The second kappa shape index (κ2) is 9.18. The van der Waals surface area contributed by atoms with Crippen LogP contribution in [0, 0.1) is 18.8 Å². The zero-order valence-corrected chi connectivity index (χ0v) is 17.3. The van der Waals surface area contributed by atoms with Gasteiger partial charge in [0, 0.05) is 24.6 Å². The van der Waals surface area contributed by atoms with Crippen LogP contribution in [0.25, 0.3) is 0 Å². The third-order valence-corrected chi connectivity index (χ3v) is 5.58. The van der Waals surface area contributed by atoms with E-state index >= 15 is 0 Å².